The summed E-state index contributed by atoms with van der Waals surface area (Å²) in [5.74, 6) is 0.00988. The molecule has 0 rings (SSSR count). The molecule has 0 aromatic heterocycles. The number of esters is 3. The molecule has 0 spiro atoms. The third-order valence-corrected chi connectivity index (χ3v) is 14.3. The van der Waals surface area contributed by atoms with Crippen molar-refractivity contribution in [2.45, 2.75) is 361 Å². The van der Waals surface area contributed by atoms with E-state index in [1.807, 2.05) is 0 Å². The number of hydrogen-bond donors (Lipinski definition) is 0. The van der Waals surface area contributed by atoms with E-state index in [1.54, 1.807) is 0 Å². The van der Waals surface area contributed by atoms with Gasteiger partial charge in [0.05, 0.1) is 0 Å². The predicted octanol–water partition coefficient (Wildman–Crippen LogP) is 20.6. The van der Waals surface area contributed by atoms with Crippen LogP contribution in [-0.2, 0) is 28.6 Å². The van der Waals surface area contributed by atoms with E-state index >= 15 is 0 Å². The fraction of sp³-hybridized carbons (Fsp3) is 0.952. The fourth-order valence-corrected chi connectivity index (χ4v) is 9.63. The number of hydrogen-bond acceptors (Lipinski definition) is 6. The minimum atomic E-state index is -0.762. The molecule has 0 saturated carbocycles. The van der Waals surface area contributed by atoms with Gasteiger partial charge in [0.2, 0.25) is 0 Å². The largest absolute Gasteiger partial charge is 0.462 e. The average molecular weight is 962 g/mol. The molecule has 0 heterocycles. The summed E-state index contributed by atoms with van der Waals surface area (Å²) in [5, 5.41) is 0. The first kappa shape index (κ1) is 66.4. The molecule has 6 nitrogen and oxygen atoms in total. The molecule has 0 aromatic carbocycles. The SMILES string of the molecule is CCCCCCCCCCCCCCCCCCCC(=O)OC[C@H](COC(=O)CCCCCCCCCCCCCCCC(C)C)OC(=O)CCCCCCCCCCCCCCCCCCC. The average Bonchev–Trinajstić information content (AvgIpc) is 3.32. The molecule has 0 fully saturated rings. The van der Waals surface area contributed by atoms with Crippen LogP contribution in [0, 0.1) is 5.92 Å². The summed E-state index contributed by atoms with van der Waals surface area (Å²) >= 11 is 0. The topological polar surface area (TPSA) is 78.9 Å². The molecule has 0 aliphatic rings. The van der Waals surface area contributed by atoms with Gasteiger partial charge in [-0.05, 0) is 25.2 Å². The highest BCUT2D eigenvalue weighted by atomic mass is 16.6. The molecule has 0 N–H and O–H groups in total. The lowest BCUT2D eigenvalue weighted by atomic mass is 10.0. The number of carbonyl (C=O) groups is 3. The van der Waals surface area contributed by atoms with E-state index in [-0.39, 0.29) is 31.1 Å². The summed E-state index contributed by atoms with van der Waals surface area (Å²) in [7, 11) is 0. The fourth-order valence-electron chi connectivity index (χ4n) is 9.63. The molecule has 0 aliphatic carbocycles. The molecule has 0 radical (unpaired) electrons. The van der Waals surface area contributed by atoms with Gasteiger partial charge >= 0.3 is 17.9 Å². The van der Waals surface area contributed by atoms with E-state index in [9.17, 15) is 14.4 Å². The van der Waals surface area contributed by atoms with Crippen molar-refractivity contribution in [1.29, 1.82) is 0 Å². The molecule has 68 heavy (non-hydrogen) atoms. The lowest BCUT2D eigenvalue weighted by molar-refractivity contribution is -0.167. The highest BCUT2D eigenvalue weighted by molar-refractivity contribution is 5.71. The third kappa shape index (κ3) is 55.3. The maximum absolute atomic E-state index is 12.9. The highest BCUT2D eigenvalue weighted by Crippen LogP contribution is 2.18. The summed E-state index contributed by atoms with van der Waals surface area (Å²) in [4.78, 5) is 38.2. The molecule has 0 unspecified atom stereocenters. The van der Waals surface area contributed by atoms with Gasteiger partial charge in [-0.15, -0.1) is 0 Å². The van der Waals surface area contributed by atoms with Gasteiger partial charge in [0.25, 0.3) is 0 Å². The Morgan fingerprint density at radius 1 is 0.279 bits per heavy atom. The molecular formula is C62H120O6. The standard InChI is InChI=1S/C62H120O6/c1-5-7-9-11-13-15-17-19-21-23-25-29-33-37-41-45-49-53-60(63)66-56-59(57-67-61(64)54-50-46-42-38-34-31-27-28-32-36-40-44-48-52-58(3)4)68-62(65)55-51-47-43-39-35-30-26-24-22-20-18-16-14-12-10-8-6-2/h58-59H,5-57H2,1-4H3/t59-/m1/s1. The van der Waals surface area contributed by atoms with Crippen LogP contribution in [0.1, 0.15) is 355 Å². The van der Waals surface area contributed by atoms with Gasteiger partial charge in [0, 0.05) is 19.3 Å². The van der Waals surface area contributed by atoms with Crippen molar-refractivity contribution in [3.05, 3.63) is 0 Å². The lowest BCUT2D eigenvalue weighted by Crippen LogP contribution is -2.30. The molecule has 404 valence electrons. The van der Waals surface area contributed by atoms with Gasteiger partial charge in [-0.3, -0.25) is 14.4 Å². The van der Waals surface area contributed by atoms with E-state index in [2.05, 4.69) is 27.7 Å². The molecular weight excluding hydrogens is 841 g/mol. The highest BCUT2D eigenvalue weighted by Gasteiger charge is 2.19. The van der Waals surface area contributed by atoms with E-state index in [0.717, 1.165) is 63.7 Å². The van der Waals surface area contributed by atoms with Gasteiger partial charge in [0.1, 0.15) is 13.2 Å². The van der Waals surface area contributed by atoms with Crippen LogP contribution >= 0.6 is 0 Å². The van der Waals surface area contributed by atoms with Crippen LogP contribution in [0.5, 0.6) is 0 Å². The molecule has 0 bridgehead atoms. The van der Waals surface area contributed by atoms with E-state index in [1.165, 1.54) is 250 Å². The van der Waals surface area contributed by atoms with Crippen molar-refractivity contribution in [2.75, 3.05) is 13.2 Å². The van der Waals surface area contributed by atoms with Crippen LogP contribution in [0.15, 0.2) is 0 Å². The summed E-state index contributed by atoms with van der Waals surface area (Å²) in [6.45, 7) is 9.08. The molecule has 0 amide bonds. The predicted molar refractivity (Wildman–Crippen MR) is 293 cm³/mol. The summed E-state index contributed by atoms with van der Waals surface area (Å²) in [6.07, 6.45) is 62.4. The van der Waals surface area contributed by atoms with Gasteiger partial charge in [-0.25, -0.2) is 0 Å². The Morgan fingerprint density at radius 2 is 0.485 bits per heavy atom. The van der Waals surface area contributed by atoms with Crippen molar-refractivity contribution < 1.29 is 28.6 Å². The number of carbonyl (C=O) groups excluding carboxylic acids is 3. The second-order valence-corrected chi connectivity index (χ2v) is 21.8. The van der Waals surface area contributed by atoms with Crippen LogP contribution in [0.25, 0.3) is 0 Å². The summed E-state index contributed by atoms with van der Waals surface area (Å²) in [5.41, 5.74) is 0. The van der Waals surface area contributed by atoms with E-state index < -0.39 is 6.10 Å². The first-order valence-electron chi connectivity index (χ1n) is 30.9. The monoisotopic (exact) mass is 961 g/mol. The van der Waals surface area contributed by atoms with Crippen molar-refractivity contribution in [3.8, 4) is 0 Å². The third-order valence-electron chi connectivity index (χ3n) is 14.3. The molecule has 0 saturated heterocycles. The second kappa shape index (κ2) is 56.3. The normalized spacial score (nSPS) is 12.0. The van der Waals surface area contributed by atoms with Gasteiger partial charge in [-0.2, -0.15) is 0 Å². The smallest absolute Gasteiger partial charge is 0.306 e. The number of unbranched alkanes of at least 4 members (excludes halogenated alkanes) is 44. The van der Waals surface area contributed by atoms with Crippen LogP contribution in [-0.4, -0.2) is 37.2 Å². The molecule has 1 atom stereocenters. The zero-order valence-electron chi connectivity index (χ0n) is 46.6. The van der Waals surface area contributed by atoms with Crippen LogP contribution in [0.4, 0.5) is 0 Å². The first-order chi connectivity index (χ1) is 33.4. The number of ether oxygens (including phenoxy) is 3. The van der Waals surface area contributed by atoms with Crippen LogP contribution < -0.4 is 0 Å². The lowest BCUT2D eigenvalue weighted by Gasteiger charge is -2.18. The maximum Gasteiger partial charge on any atom is 0.306 e. The second-order valence-electron chi connectivity index (χ2n) is 21.8. The zero-order chi connectivity index (χ0) is 49.5. The van der Waals surface area contributed by atoms with Crippen molar-refractivity contribution >= 4 is 17.9 Å². The summed E-state index contributed by atoms with van der Waals surface area (Å²) < 4.78 is 16.9. The molecule has 6 heteroatoms. The zero-order valence-corrected chi connectivity index (χ0v) is 46.6. The summed E-state index contributed by atoms with van der Waals surface area (Å²) in [6, 6.07) is 0. The van der Waals surface area contributed by atoms with E-state index in [4.69, 9.17) is 14.2 Å². The minimum Gasteiger partial charge on any atom is -0.462 e. The van der Waals surface area contributed by atoms with E-state index in [0.29, 0.717) is 19.3 Å². The van der Waals surface area contributed by atoms with Crippen LogP contribution in [0.3, 0.4) is 0 Å². The molecule has 0 aliphatic heterocycles. The Morgan fingerprint density at radius 3 is 0.721 bits per heavy atom. The van der Waals surface area contributed by atoms with Crippen molar-refractivity contribution in [1.82, 2.24) is 0 Å². The first-order valence-corrected chi connectivity index (χ1v) is 30.9. The van der Waals surface area contributed by atoms with Gasteiger partial charge < -0.3 is 14.2 Å². The Labute approximate surface area is 425 Å². The number of rotatable bonds is 57. The Kier molecular flexibility index (Phi) is 55.0. The van der Waals surface area contributed by atoms with Crippen molar-refractivity contribution in [3.63, 3.8) is 0 Å². The quantitative estimate of drug-likeness (QED) is 0.0343. The van der Waals surface area contributed by atoms with Crippen LogP contribution in [0.2, 0.25) is 0 Å². The Bertz CT molecular complexity index is 1030. The van der Waals surface area contributed by atoms with Gasteiger partial charge in [0.15, 0.2) is 6.10 Å². The Hall–Kier alpha value is -1.59. The minimum absolute atomic E-state index is 0.0614. The van der Waals surface area contributed by atoms with Gasteiger partial charge in [-0.1, -0.05) is 317 Å². The maximum atomic E-state index is 12.9. The Balaban J connectivity index is 4.29. The van der Waals surface area contributed by atoms with Crippen molar-refractivity contribution in [2.24, 2.45) is 5.92 Å². The molecule has 0 aromatic rings.